The van der Waals surface area contributed by atoms with Crippen molar-refractivity contribution in [2.75, 3.05) is 0 Å². The van der Waals surface area contributed by atoms with Gasteiger partial charge in [-0.1, -0.05) is 78.9 Å². The van der Waals surface area contributed by atoms with Crippen molar-refractivity contribution in [2.45, 2.75) is 0 Å². The molecule has 0 aliphatic carbocycles. The Hall–Kier alpha value is -8.02. The molecule has 5 heteroatoms. The summed E-state index contributed by atoms with van der Waals surface area (Å²) >= 11 is 0. The zero-order valence-corrected chi connectivity index (χ0v) is 31.3. The highest BCUT2D eigenvalue weighted by Crippen LogP contribution is 2.44. The minimum absolute atomic E-state index is 0.833. The van der Waals surface area contributed by atoms with E-state index in [0.29, 0.717) is 0 Å². The average Bonchev–Trinajstić information content (AvgIpc) is 4.10. The summed E-state index contributed by atoms with van der Waals surface area (Å²) in [5.74, 6) is 0. The van der Waals surface area contributed by atoms with Gasteiger partial charge >= 0.3 is 0 Å². The maximum absolute atomic E-state index is 6.56. The number of aromatic nitrogens is 1. The highest BCUT2D eigenvalue weighted by molar-refractivity contribution is 6.24. The van der Waals surface area contributed by atoms with Crippen LogP contribution < -0.4 is 0 Å². The minimum atomic E-state index is 0.833. The first-order valence-corrected chi connectivity index (χ1v) is 19.9. The van der Waals surface area contributed by atoms with E-state index >= 15 is 0 Å². The largest absolute Gasteiger partial charge is 0.456 e. The lowest BCUT2D eigenvalue weighted by molar-refractivity contribution is 0.662. The van der Waals surface area contributed by atoms with Crippen LogP contribution in [0.5, 0.6) is 0 Å². The molecule has 0 spiro atoms. The predicted molar refractivity (Wildman–Crippen MR) is 241 cm³/mol. The van der Waals surface area contributed by atoms with Gasteiger partial charge in [-0.05, 0) is 119 Å². The molecule has 0 saturated heterocycles. The number of rotatable bonds is 3. The normalized spacial score (nSPS) is 12.4. The third kappa shape index (κ3) is 4.28. The number of benzene rings is 9. The van der Waals surface area contributed by atoms with E-state index in [4.69, 9.17) is 17.7 Å². The van der Waals surface area contributed by atoms with Crippen molar-refractivity contribution >= 4 is 110 Å². The summed E-state index contributed by atoms with van der Waals surface area (Å²) in [5, 5.41) is 10.9. The molecule has 5 aromatic heterocycles. The van der Waals surface area contributed by atoms with Crippen molar-refractivity contribution in [2.24, 2.45) is 0 Å². The Labute approximate surface area is 334 Å². The van der Waals surface area contributed by atoms with Crippen LogP contribution in [0.15, 0.2) is 194 Å². The van der Waals surface area contributed by atoms with Gasteiger partial charge in [0.05, 0.1) is 21.8 Å². The van der Waals surface area contributed by atoms with Gasteiger partial charge in [-0.2, -0.15) is 0 Å². The van der Waals surface area contributed by atoms with Gasteiger partial charge in [0.1, 0.15) is 44.7 Å². The van der Waals surface area contributed by atoms with Crippen LogP contribution in [0.3, 0.4) is 0 Å². The van der Waals surface area contributed by atoms with E-state index in [1.807, 2.05) is 36.4 Å². The van der Waals surface area contributed by atoms with E-state index in [2.05, 4.69) is 144 Å². The topological polar surface area (TPSA) is 57.5 Å². The fraction of sp³-hybridized carbons (Fsp3) is 0. The lowest BCUT2D eigenvalue weighted by atomic mass is 9.98. The number of nitrogens with zero attached hydrogens (tertiary/aromatic N) is 1. The molecule has 5 heterocycles. The highest BCUT2D eigenvalue weighted by Gasteiger charge is 2.20. The molecule has 0 atom stereocenters. The minimum Gasteiger partial charge on any atom is -0.456 e. The number of furan rings is 4. The van der Waals surface area contributed by atoms with E-state index in [0.717, 1.165) is 127 Å². The van der Waals surface area contributed by atoms with Crippen LogP contribution in [-0.2, 0) is 0 Å². The number of hydrogen-bond acceptors (Lipinski definition) is 4. The van der Waals surface area contributed by atoms with Crippen LogP contribution in [0.4, 0.5) is 0 Å². The molecular formula is C54H29NO4. The standard InChI is InChI=1S/C54H29NO4/c1-2-8-34(9-3-1)55-43-20-14-30(32-16-22-47-41(28-32)35-18-24-49-51(53(35)58-47)37-10-4-6-12-45(37)56-49)26-39(43)40-27-31(15-21-44(40)55)33-17-23-48-42(29-33)36-19-25-50-52(54(36)59-48)38-11-5-7-13-46(38)57-50/h1-29H. The summed E-state index contributed by atoms with van der Waals surface area (Å²) in [6.45, 7) is 0. The van der Waals surface area contributed by atoms with Gasteiger partial charge in [0.2, 0.25) is 0 Å². The zero-order valence-electron chi connectivity index (χ0n) is 31.3. The second-order valence-corrected chi connectivity index (χ2v) is 15.6. The lowest BCUT2D eigenvalue weighted by Gasteiger charge is -2.08. The van der Waals surface area contributed by atoms with E-state index in [-0.39, 0.29) is 0 Å². The average molecular weight is 756 g/mol. The van der Waals surface area contributed by atoms with E-state index < -0.39 is 0 Å². The Morgan fingerprint density at radius 3 is 1.19 bits per heavy atom. The van der Waals surface area contributed by atoms with Gasteiger partial charge < -0.3 is 22.2 Å². The Balaban J connectivity index is 0.951. The fourth-order valence-corrected chi connectivity index (χ4v) is 9.68. The summed E-state index contributed by atoms with van der Waals surface area (Å²) < 4.78 is 27.9. The van der Waals surface area contributed by atoms with Crippen LogP contribution >= 0.6 is 0 Å². The molecule has 0 unspecified atom stereocenters. The molecule has 9 aromatic carbocycles. The molecule has 0 bridgehead atoms. The first-order chi connectivity index (χ1) is 29.2. The van der Waals surface area contributed by atoms with Crippen molar-refractivity contribution in [3.8, 4) is 27.9 Å². The molecule has 0 aliphatic rings. The summed E-state index contributed by atoms with van der Waals surface area (Å²) in [6.07, 6.45) is 0. The molecule has 0 N–H and O–H groups in total. The van der Waals surface area contributed by atoms with Crippen LogP contribution in [0.1, 0.15) is 0 Å². The fourth-order valence-electron chi connectivity index (χ4n) is 9.68. The van der Waals surface area contributed by atoms with Gasteiger partial charge in [0.15, 0.2) is 0 Å². The predicted octanol–water partition coefficient (Wildman–Crippen LogP) is 15.7. The van der Waals surface area contributed by atoms with Gasteiger partial charge in [0, 0.05) is 48.8 Å². The maximum Gasteiger partial charge on any atom is 0.147 e. The summed E-state index contributed by atoms with van der Waals surface area (Å²) in [6, 6.07) is 62.1. The van der Waals surface area contributed by atoms with Crippen molar-refractivity contribution in [1.29, 1.82) is 0 Å². The Bertz CT molecular complexity index is 3830. The monoisotopic (exact) mass is 755 g/mol. The molecule has 0 fully saturated rings. The van der Waals surface area contributed by atoms with E-state index in [9.17, 15) is 0 Å². The molecule has 5 nitrogen and oxygen atoms in total. The third-order valence-corrected chi connectivity index (χ3v) is 12.4. The smallest absolute Gasteiger partial charge is 0.147 e. The molecule has 0 radical (unpaired) electrons. The van der Waals surface area contributed by atoms with E-state index in [1.165, 1.54) is 10.8 Å². The number of hydrogen-bond donors (Lipinski definition) is 0. The molecule has 59 heavy (non-hydrogen) atoms. The number of para-hydroxylation sites is 3. The van der Waals surface area contributed by atoms with Crippen molar-refractivity contribution in [3.05, 3.63) is 176 Å². The third-order valence-electron chi connectivity index (χ3n) is 12.4. The summed E-state index contributed by atoms with van der Waals surface area (Å²) in [4.78, 5) is 0. The first-order valence-electron chi connectivity index (χ1n) is 19.9. The Kier molecular flexibility index (Phi) is 5.96. The second kappa shape index (κ2) is 11.3. The van der Waals surface area contributed by atoms with E-state index in [1.54, 1.807) is 0 Å². The van der Waals surface area contributed by atoms with Gasteiger partial charge in [-0.3, -0.25) is 0 Å². The second-order valence-electron chi connectivity index (χ2n) is 15.6. The summed E-state index contributed by atoms with van der Waals surface area (Å²) in [7, 11) is 0. The highest BCUT2D eigenvalue weighted by atomic mass is 16.4. The van der Waals surface area contributed by atoms with Gasteiger partial charge in [-0.25, -0.2) is 0 Å². The SMILES string of the molecule is c1ccc(-n2c3ccc(-c4ccc5oc6c(ccc7oc8ccccc8c76)c5c4)cc3c3cc(-c4ccc5oc6c(ccc7oc8ccccc8c76)c5c4)ccc32)cc1. The summed E-state index contributed by atoms with van der Waals surface area (Å²) in [5.41, 5.74) is 14.8. The quantitative estimate of drug-likeness (QED) is 0.180. The van der Waals surface area contributed by atoms with Gasteiger partial charge in [-0.15, -0.1) is 0 Å². The lowest BCUT2D eigenvalue weighted by Crippen LogP contribution is -1.93. The first kappa shape index (κ1) is 31.1. The van der Waals surface area contributed by atoms with Crippen molar-refractivity contribution in [1.82, 2.24) is 4.57 Å². The number of fused-ring (bicyclic) bond motifs is 17. The van der Waals surface area contributed by atoms with Crippen molar-refractivity contribution < 1.29 is 17.7 Å². The van der Waals surface area contributed by atoms with Crippen LogP contribution in [-0.4, -0.2) is 4.57 Å². The zero-order chi connectivity index (χ0) is 38.3. The Morgan fingerprint density at radius 1 is 0.271 bits per heavy atom. The van der Waals surface area contributed by atoms with Crippen LogP contribution in [0.2, 0.25) is 0 Å². The van der Waals surface area contributed by atoms with Crippen molar-refractivity contribution in [3.63, 3.8) is 0 Å². The molecule has 0 amide bonds. The van der Waals surface area contributed by atoms with Crippen LogP contribution in [0, 0.1) is 0 Å². The van der Waals surface area contributed by atoms with Crippen LogP contribution in [0.25, 0.3) is 138 Å². The molecule has 14 aromatic rings. The Morgan fingerprint density at radius 2 is 0.678 bits per heavy atom. The molecular weight excluding hydrogens is 727 g/mol. The maximum atomic E-state index is 6.56. The molecule has 14 rings (SSSR count). The molecule has 274 valence electrons. The molecule has 0 saturated carbocycles. The molecule has 0 aliphatic heterocycles. The van der Waals surface area contributed by atoms with Gasteiger partial charge in [0.25, 0.3) is 0 Å².